The quantitative estimate of drug-likeness (QED) is 0.389. The highest BCUT2D eigenvalue weighted by atomic mass is 16.5. The molecule has 9 nitrogen and oxygen atoms in total. The maximum atomic E-state index is 13.3. The summed E-state index contributed by atoms with van der Waals surface area (Å²) >= 11 is 0. The van der Waals surface area contributed by atoms with Crippen molar-refractivity contribution in [2.75, 3.05) is 58.4 Å². The van der Waals surface area contributed by atoms with Crippen LogP contribution in [0.15, 0.2) is 60.7 Å². The summed E-state index contributed by atoms with van der Waals surface area (Å²) in [6.07, 6.45) is 2.58. The molecule has 1 fully saturated rings. The van der Waals surface area contributed by atoms with Crippen molar-refractivity contribution in [3.05, 3.63) is 66.2 Å². The lowest BCUT2D eigenvalue weighted by Gasteiger charge is -2.27. The highest BCUT2D eigenvalue weighted by molar-refractivity contribution is 5.96. The number of anilines is 1. The molecule has 0 N–H and O–H groups in total. The number of amides is 2. The summed E-state index contributed by atoms with van der Waals surface area (Å²) in [6, 6.07) is 18.7. The Bertz CT molecular complexity index is 1230. The van der Waals surface area contributed by atoms with Gasteiger partial charge in [0.25, 0.3) is 5.91 Å². The lowest BCUT2D eigenvalue weighted by Crippen LogP contribution is -2.44. The third-order valence-corrected chi connectivity index (χ3v) is 6.92. The molecule has 1 aliphatic heterocycles. The average molecular weight is 532 g/mol. The molecule has 0 bridgehead atoms. The van der Waals surface area contributed by atoms with Crippen LogP contribution in [0, 0.1) is 0 Å². The number of aromatic nitrogens is 2. The van der Waals surface area contributed by atoms with Gasteiger partial charge in [0.1, 0.15) is 18.0 Å². The van der Waals surface area contributed by atoms with E-state index in [1.807, 2.05) is 41.3 Å². The average Bonchev–Trinajstić information content (AvgIpc) is 3.25. The molecule has 2 amide bonds. The lowest BCUT2D eigenvalue weighted by atomic mass is 10.1. The number of rotatable bonds is 10. The maximum absolute atomic E-state index is 13.3. The van der Waals surface area contributed by atoms with Crippen LogP contribution in [0.5, 0.6) is 11.5 Å². The summed E-state index contributed by atoms with van der Waals surface area (Å²) in [5.74, 6) is 2.02. The van der Waals surface area contributed by atoms with Crippen LogP contribution in [-0.4, -0.2) is 85.3 Å². The first-order valence-electron chi connectivity index (χ1n) is 13.5. The Morgan fingerprint density at radius 2 is 1.69 bits per heavy atom. The zero-order valence-electron chi connectivity index (χ0n) is 23.0. The van der Waals surface area contributed by atoms with Crippen LogP contribution >= 0.6 is 0 Å². The molecule has 2 aromatic carbocycles. The number of hydrogen-bond donors (Lipinski definition) is 0. The molecule has 0 atom stereocenters. The second-order valence-electron chi connectivity index (χ2n) is 9.54. The Kier molecular flexibility index (Phi) is 9.72. The molecule has 0 spiro atoms. The SMILES string of the molecule is CCCCN(CC(=O)N1CCCN(c2ccc(-c3ccc(OC)cc3)nn2)CC1)C(=O)c1cccc(OC)c1. The molecule has 0 radical (unpaired) electrons. The van der Waals surface area contributed by atoms with Gasteiger partial charge in [0, 0.05) is 43.9 Å². The van der Waals surface area contributed by atoms with Gasteiger partial charge in [-0.15, -0.1) is 10.2 Å². The molecule has 39 heavy (non-hydrogen) atoms. The number of nitrogens with zero attached hydrogens (tertiary/aromatic N) is 5. The molecule has 1 aliphatic rings. The van der Waals surface area contributed by atoms with Crippen LogP contribution in [0.1, 0.15) is 36.5 Å². The Labute approximate surface area is 230 Å². The molecule has 4 rings (SSSR count). The van der Waals surface area contributed by atoms with Crippen molar-refractivity contribution < 1.29 is 19.1 Å². The van der Waals surface area contributed by atoms with E-state index in [1.54, 1.807) is 43.4 Å². The summed E-state index contributed by atoms with van der Waals surface area (Å²) < 4.78 is 10.5. The first-order valence-corrected chi connectivity index (χ1v) is 13.5. The molecule has 3 aromatic rings. The predicted molar refractivity (Wildman–Crippen MR) is 151 cm³/mol. The van der Waals surface area contributed by atoms with E-state index in [1.165, 1.54) is 0 Å². The van der Waals surface area contributed by atoms with Crippen molar-refractivity contribution in [2.24, 2.45) is 0 Å². The van der Waals surface area contributed by atoms with Gasteiger partial charge in [-0.2, -0.15) is 0 Å². The van der Waals surface area contributed by atoms with Crippen LogP contribution in [0.3, 0.4) is 0 Å². The number of ether oxygens (including phenoxy) is 2. The van der Waals surface area contributed by atoms with Crippen LogP contribution in [-0.2, 0) is 4.79 Å². The highest BCUT2D eigenvalue weighted by Crippen LogP contribution is 2.22. The normalized spacial score (nSPS) is 13.5. The zero-order valence-corrected chi connectivity index (χ0v) is 23.0. The van der Waals surface area contributed by atoms with E-state index in [9.17, 15) is 9.59 Å². The smallest absolute Gasteiger partial charge is 0.254 e. The largest absolute Gasteiger partial charge is 0.497 e. The Morgan fingerprint density at radius 1 is 0.897 bits per heavy atom. The number of carbonyl (C=O) groups excluding carboxylic acids is 2. The Hall–Kier alpha value is -4.14. The molecular weight excluding hydrogens is 494 g/mol. The van der Waals surface area contributed by atoms with Crippen molar-refractivity contribution >= 4 is 17.6 Å². The summed E-state index contributed by atoms with van der Waals surface area (Å²) in [5, 5.41) is 8.89. The van der Waals surface area contributed by atoms with Crippen molar-refractivity contribution in [2.45, 2.75) is 26.2 Å². The maximum Gasteiger partial charge on any atom is 0.254 e. The molecule has 206 valence electrons. The fourth-order valence-corrected chi connectivity index (χ4v) is 4.61. The van der Waals surface area contributed by atoms with Gasteiger partial charge in [-0.3, -0.25) is 9.59 Å². The minimum atomic E-state index is -0.153. The Morgan fingerprint density at radius 3 is 2.38 bits per heavy atom. The van der Waals surface area contributed by atoms with Gasteiger partial charge >= 0.3 is 0 Å². The fraction of sp³-hybridized carbons (Fsp3) is 0.400. The van der Waals surface area contributed by atoms with Gasteiger partial charge in [-0.1, -0.05) is 19.4 Å². The first kappa shape index (κ1) is 27.9. The Balaban J connectivity index is 1.37. The summed E-state index contributed by atoms with van der Waals surface area (Å²) in [6.45, 7) is 5.31. The summed E-state index contributed by atoms with van der Waals surface area (Å²) in [7, 11) is 3.22. The van der Waals surface area contributed by atoms with Gasteiger partial charge in [-0.05, 0) is 67.4 Å². The molecule has 0 saturated carbocycles. The molecule has 1 aromatic heterocycles. The topological polar surface area (TPSA) is 88.1 Å². The third-order valence-electron chi connectivity index (χ3n) is 6.92. The van der Waals surface area contributed by atoms with E-state index in [0.29, 0.717) is 37.5 Å². The number of benzene rings is 2. The second kappa shape index (κ2) is 13.6. The van der Waals surface area contributed by atoms with E-state index in [4.69, 9.17) is 9.47 Å². The van der Waals surface area contributed by atoms with E-state index >= 15 is 0 Å². The minimum absolute atomic E-state index is 0.0369. The van der Waals surface area contributed by atoms with Crippen molar-refractivity contribution in [3.8, 4) is 22.8 Å². The standard InChI is InChI=1S/C30H37N5O4/c1-4-5-16-35(30(37)24-8-6-9-26(21-24)39-3)22-29(36)34-18-7-17-33(19-20-34)28-15-14-27(31-32-28)23-10-12-25(38-2)13-11-23/h6,8-15,21H,4-5,7,16-20,22H2,1-3H3. The third kappa shape index (κ3) is 7.25. The van der Waals surface area contributed by atoms with Gasteiger partial charge in [-0.25, -0.2) is 0 Å². The monoisotopic (exact) mass is 531 g/mol. The molecule has 2 heterocycles. The molecule has 1 saturated heterocycles. The number of carbonyl (C=O) groups is 2. The van der Waals surface area contributed by atoms with Gasteiger partial charge in [0.05, 0.1) is 19.9 Å². The van der Waals surface area contributed by atoms with E-state index in [2.05, 4.69) is 22.0 Å². The van der Waals surface area contributed by atoms with Gasteiger partial charge < -0.3 is 24.2 Å². The van der Waals surface area contributed by atoms with Gasteiger partial charge in [0.2, 0.25) is 5.91 Å². The minimum Gasteiger partial charge on any atom is -0.497 e. The van der Waals surface area contributed by atoms with Crippen LogP contribution in [0.2, 0.25) is 0 Å². The van der Waals surface area contributed by atoms with Crippen LogP contribution in [0.25, 0.3) is 11.3 Å². The second-order valence-corrected chi connectivity index (χ2v) is 9.54. The molecule has 9 heteroatoms. The molecular formula is C30H37N5O4. The van der Waals surface area contributed by atoms with E-state index < -0.39 is 0 Å². The van der Waals surface area contributed by atoms with Crippen LogP contribution in [0.4, 0.5) is 5.82 Å². The zero-order chi connectivity index (χ0) is 27.6. The predicted octanol–water partition coefficient (Wildman–Crippen LogP) is 4.14. The van der Waals surface area contributed by atoms with E-state index in [-0.39, 0.29) is 18.4 Å². The number of methoxy groups -OCH3 is 2. The summed E-state index contributed by atoms with van der Waals surface area (Å²) in [4.78, 5) is 32.3. The van der Waals surface area contributed by atoms with E-state index in [0.717, 1.165) is 48.6 Å². The number of unbranched alkanes of at least 4 members (excludes halogenated alkanes) is 1. The van der Waals surface area contributed by atoms with Crippen molar-refractivity contribution in [3.63, 3.8) is 0 Å². The summed E-state index contributed by atoms with van der Waals surface area (Å²) in [5.41, 5.74) is 2.29. The lowest BCUT2D eigenvalue weighted by molar-refractivity contribution is -0.131. The van der Waals surface area contributed by atoms with Crippen LogP contribution < -0.4 is 14.4 Å². The highest BCUT2D eigenvalue weighted by Gasteiger charge is 2.25. The molecule has 0 aliphatic carbocycles. The van der Waals surface area contributed by atoms with Crippen molar-refractivity contribution in [1.82, 2.24) is 20.0 Å². The molecule has 0 unspecified atom stereocenters. The first-order chi connectivity index (χ1) is 19.0. The fourth-order valence-electron chi connectivity index (χ4n) is 4.61. The van der Waals surface area contributed by atoms with Crippen molar-refractivity contribution in [1.29, 1.82) is 0 Å². The number of hydrogen-bond acceptors (Lipinski definition) is 7. The van der Waals surface area contributed by atoms with Gasteiger partial charge in [0.15, 0.2) is 5.82 Å².